The Balaban J connectivity index is 2.58. The van der Waals surface area contributed by atoms with Crippen molar-refractivity contribution in [2.45, 2.75) is 6.92 Å². The molecule has 1 heterocycles. The van der Waals surface area contributed by atoms with E-state index in [0.717, 1.165) is 13.1 Å². The second-order valence-corrected chi connectivity index (χ2v) is 3.82. The highest BCUT2D eigenvalue weighted by Crippen LogP contribution is 2.12. The van der Waals surface area contributed by atoms with Crippen molar-refractivity contribution in [3.8, 4) is 0 Å². The first-order valence-corrected chi connectivity index (χ1v) is 5.14. The van der Waals surface area contributed by atoms with Gasteiger partial charge in [0.15, 0.2) is 5.82 Å². The molecule has 6 heteroatoms. The van der Waals surface area contributed by atoms with Crippen LogP contribution < -0.4 is 16.2 Å². The van der Waals surface area contributed by atoms with Gasteiger partial charge in [-0.2, -0.15) is 0 Å². The highest BCUT2D eigenvalue weighted by atomic mass is 35.5. The zero-order chi connectivity index (χ0) is 11.3. The van der Waals surface area contributed by atoms with Crippen molar-refractivity contribution in [1.82, 2.24) is 15.3 Å². The van der Waals surface area contributed by atoms with E-state index in [2.05, 4.69) is 27.5 Å². The molecule has 5 nitrogen and oxygen atoms in total. The van der Waals surface area contributed by atoms with Crippen molar-refractivity contribution in [2.75, 3.05) is 25.5 Å². The second kappa shape index (κ2) is 5.72. The smallest absolute Gasteiger partial charge is 0.271 e. The van der Waals surface area contributed by atoms with E-state index in [9.17, 15) is 4.79 Å². The van der Waals surface area contributed by atoms with Crippen LogP contribution in [0.15, 0.2) is 11.1 Å². The largest absolute Gasteiger partial charge is 0.368 e. The summed E-state index contributed by atoms with van der Waals surface area (Å²) in [6, 6.07) is 0. The van der Waals surface area contributed by atoms with E-state index < -0.39 is 0 Å². The number of aromatic nitrogens is 2. The lowest BCUT2D eigenvalue weighted by atomic mass is 10.2. The number of nitrogens with zero attached hydrogens (tertiary/aromatic N) is 1. The summed E-state index contributed by atoms with van der Waals surface area (Å²) in [5.41, 5.74) is -0.324. The van der Waals surface area contributed by atoms with Crippen LogP contribution >= 0.6 is 11.6 Å². The van der Waals surface area contributed by atoms with Gasteiger partial charge in [0.1, 0.15) is 5.02 Å². The summed E-state index contributed by atoms with van der Waals surface area (Å²) in [5, 5.41) is 6.21. The number of anilines is 1. The fourth-order valence-electron chi connectivity index (χ4n) is 1.20. The normalized spacial score (nSPS) is 12.5. The second-order valence-electron chi connectivity index (χ2n) is 3.44. The maximum Gasteiger partial charge on any atom is 0.271 e. The zero-order valence-corrected chi connectivity index (χ0v) is 9.56. The molecule has 1 rings (SSSR count). The minimum atomic E-state index is -0.324. The predicted molar refractivity (Wildman–Crippen MR) is 61.4 cm³/mol. The van der Waals surface area contributed by atoms with E-state index in [1.54, 1.807) is 0 Å². The number of nitrogens with one attached hydrogen (secondary N) is 3. The van der Waals surface area contributed by atoms with Crippen LogP contribution in [0.25, 0.3) is 0 Å². The molecule has 1 aromatic rings. The molecule has 0 saturated heterocycles. The third-order valence-electron chi connectivity index (χ3n) is 1.97. The molecule has 0 saturated carbocycles. The molecule has 0 amide bonds. The Kier molecular flexibility index (Phi) is 4.58. The van der Waals surface area contributed by atoms with Crippen LogP contribution in [0.3, 0.4) is 0 Å². The number of H-pyrrole nitrogens is 1. The lowest BCUT2D eigenvalue weighted by Gasteiger charge is -2.12. The van der Waals surface area contributed by atoms with Crippen molar-refractivity contribution in [1.29, 1.82) is 0 Å². The van der Waals surface area contributed by atoms with Crippen molar-refractivity contribution in [3.63, 3.8) is 0 Å². The minimum Gasteiger partial charge on any atom is -0.368 e. The molecule has 0 aliphatic carbocycles. The molecule has 15 heavy (non-hydrogen) atoms. The van der Waals surface area contributed by atoms with Crippen LogP contribution in [0.5, 0.6) is 0 Å². The van der Waals surface area contributed by atoms with Gasteiger partial charge in [-0.25, -0.2) is 4.98 Å². The van der Waals surface area contributed by atoms with E-state index in [-0.39, 0.29) is 10.6 Å². The lowest BCUT2D eigenvalue weighted by Crippen LogP contribution is -2.24. The van der Waals surface area contributed by atoms with Crippen LogP contribution in [-0.4, -0.2) is 30.1 Å². The van der Waals surface area contributed by atoms with Gasteiger partial charge < -0.3 is 15.6 Å². The fraction of sp³-hybridized carbons (Fsp3) is 0.556. The van der Waals surface area contributed by atoms with Gasteiger partial charge in [-0.15, -0.1) is 0 Å². The Morgan fingerprint density at radius 3 is 3.00 bits per heavy atom. The summed E-state index contributed by atoms with van der Waals surface area (Å²) >= 11 is 5.77. The van der Waals surface area contributed by atoms with E-state index in [4.69, 9.17) is 11.6 Å². The first-order chi connectivity index (χ1) is 7.15. The van der Waals surface area contributed by atoms with E-state index in [0.29, 0.717) is 11.7 Å². The molecule has 0 aromatic carbocycles. The Hall–Kier alpha value is -1.07. The molecule has 3 N–H and O–H groups in total. The topological polar surface area (TPSA) is 69.8 Å². The van der Waals surface area contributed by atoms with Gasteiger partial charge in [0.25, 0.3) is 5.56 Å². The maximum atomic E-state index is 11.1. The highest BCUT2D eigenvalue weighted by Gasteiger charge is 2.06. The Morgan fingerprint density at radius 1 is 1.60 bits per heavy atom. The first kappa shape index (κ1) is 12.0. The Labute approximate surface area is 93.3 Å². The van der Waals surface area contributed by atoms with Crippen molar-refractivity contribution < 1.29 is 0 Å². The van der Waals surface area contributed by atoms with Crippen molar-refractivity contribution in [2.24, 2.45) is 5.92 Å². The maximum absolute atomic E-state index is 11.1. The average molecular weight is 231 g/mol. The van der Waals surface area contributed by atoms with Gasteiger partial charge in [0, 0.05) is 6.54 Å². The Bertz CT molecular complexity index is 365. The summed E-state index contributed by atoms with van der Waals surface area (Å²) in [6.45, 7) is 3.70. The van der Waals surface area contributed by atoms with Gasteiger partial charge in [-0.05, 0) is 19.5 Å². The quantitative estimate of drug-likeness (QED) is 0.696. The number of aromatic amines is 1. The molecule has 1 unspecified atom stereocenters. The van der Waals surface area contributed by atoms with Gasteiger partial charge in [-0.1, -0.05) is 18.5 Å². The van der Waals surface area contributed by atoms with Crippen LogP contribution in [0.4, 0.5) is 5.82 Å². The summed E-state index contributed by atoms with van der Waals surface area (Å²) < 4.78 is 0. The first-order valence-electron chi connectivity index (χ1n) is 4.76. The third-order valence-corrected chi connectivity index (χ3v) is 2.32. The molecule has 0 fully saturated rings. The molecule has 0 radical (unpaired) electrons. The fourth-order valence-corrected chi connectivity index (χ4v) is 1.37. The van der Waals surface area contributed by atoms with Crippen molar-refractivity contribution in [3.05, 3.63) is 21.7 Å². The zero-order valence-electron chi connectivity index (χ0n) is 8.80. The molecule has 0 aliphatic rings. The molecular weight excluding hydrogens is 216 g/mol. The number of rotatable bonds is 5. The van der Waals surface area contributed by atoms with E-state index in [1.807, 2.05) is 7.05 Å². The molecule has 1 atom stereocenters. The Morgan fingerprint density at radius 2 is 2.33 bits per heavy atom. The number of hydrogen-bond acceptors (Lipinski definition) is 4. The molecule has 0 aliphatic heterocycles. The van der Waals surface area contributed by atoms with Crippen LogP contribution in [0.2, 0.25) is 5.02 Å². The standard InChI is InChI=1S/C9H15ClN4O/c1-6(3-11-2)4-12-8-7(10)9(15)14-5-13-8/h5-6,11H,3-4H2,1-2H3,(H2,12,13,14,15). The number of hydrogen-bond donors (Lipinski definition) is 3. The van der Waals surface area contributed by atoms with Crippen LogP contribution in [0.1, 0.15) is 6.92 Å². The highest BCUT2D eigenvalue weighted by molar-refractivity contribution is 6.32. The summed E-state index contributed by atoms with van der Waals surface area (Å²) in [4.78, 5) is 17.5. The van der Waals surface area contributed by atoms with E-state index in [1.165, 1.54) is 6.33 Å². The number of halogens is 1. The summed E-state index contributed by atoms with van der Waals surface area (Å²) in [6.07, 6.45) is 1.33. The van der Waals surface area contributed by atoms with Crippen LogP contribution in [0, 0.1) is 5.92 Å². The third kappa shape index (κ3) is 3.53. The monoisotopic (exact) mass is 230 g/mol. The van der Waals surface area contributed by atoms with Gasteiger partial charge in [-0.3, -0.25) is 4.79 Å². The minimum absolute atomic E-state index is 0.106. The van der Waals surface area contributed by atoms with E-state index >= 15 is 0 Å². The molecule has 0 bridgehead atoms. The predicted octanol–water partition coefficient (Wildman–Crippen LogP) is 0.691. The molecule has 84 valence electrons. The van der Waals surface area contributed by atoms with Gasteiger partial charge in [0.05, 0.1) is 6.33 Å². The van der Waals surface area contributed by atoms with Crippen LogP contribution in [-0.2, 0) is 0 Å². The molecule has 0 spiro atoms. The van der Waals surface area contributed by atoms with Gasteiger partial charge in [0.2, 0.25) is 0 Å². The van der Waals surface area contributed by atoms with Crippen molar-refractivity contribution >= 4 is 17.4 Å². The lowest BCUT2D eigenvalue weighted by molar-refractivity contribution is 0.569. The summed E-state index contributed by atoms with van der Waals surface area (Å²) in [5.74, 6) is 0.871. The molecule has 1 aromatic heterocycles. The summed E-state index contributed by atoms with van der Waals surface area (Å²) in [7, 11) is 1.90. The van der Waals surface area contributed by atoms with Gasteiger partial charge >= 0.3 is 0 Å². The SMILES string of the molecule is CNCC(C)CNc1nc[nH]c(=O)c1Cl. The molecular formula is C9H15ClN4O. The average Bonchev–Trinajstić information content (AvgIpc) is 2.21.